The van der Waals surface area contributed by atoms with Gasteiger partial charge in [0.25, 0.3) is 5.91 Å². The molecule has 4 rings (SSSR count). The van der Waals surface area contributed by atoms with Crippen LogP contribution >= 0.6 is 0 Å². The van der Waals surface area contributed by atoms with Gasteiger partial charge < -0.3 is 4.74 Å². The third-order valence-corrected chi connectivity index (χ3v) is 5.72. The lowest BCUT2D eigenvalue weighted by Gasteiger charge is -2.27. The maximum atomic E-state index is 13.4. The van der Waals surface area contributed by atoms with Crippen molar-refractivity contribution in [1.29, 1.82) is 0 Å². The fourth-order valence-corrected chi connectivity index (χ4v) is 4.07. The van der Waals surface area contributed by atoms with E-state index in [0.717, 1.165) is 5.56 Å². The molecule has 3 aromatic rings. The average Bonchev–Trinajstić information content (AvgIpc) is 3.10. The van der Waals surface area contributed by atoms with E-state index in [1.54, 1.807) is 61.5 Å². The number of amides is 1. The van der Waals surface area contributed by atoms with Gasteiger partial charge in [0.2, 0.25) is 5.78 Å². The van der Waals surface area contributed by atoms with Gasteiger partial charge in [-0.2, -0.15) is 0 Å². The lowest BCUT2D eigenvalue weighted by molar-refractivity contribution is -0.135. The summed E-state index contributed by atoms with van der Waals surface area (Å²) in [6.45, 7) is 3.91. The van der Waals surface area contributed by atoms with Gasteiger partial charge in [-0.15, -0.1) is 0 Å². The molecule has 1 aliphatic rings. The van der Waals surface area contributed by atoms with Crippen LogP contribution in [-0.2, 0) is 14.3 Å². The fraction of sp³-hybridized carbons (Fsp3) is 0.185. The average molecular weight is 441 g/mol. The van der Waals surface area contributed by atoms with Crippen LogP contribution < -0.4 is 4.90 Å². The Bertz CT molecular complexity index is 1200. The highest BCUT2D eigenvalue weighted by Crippen LogP contribution is 2.41. The molecule has 1 heterocycles. The van der Waals surface area contributed by atoms with Gasteiger partial charge in [0.05, 0.1) is 18.2 Å². The van der Waals surface area contributed by atoms with Gasteiger partial charge in [0.15, 0.2) is 5.78 Å². The standard InChI is InChI=1S/C27H23NO5/c1-3-33-27(32)20-13-15-21(16-14-20)28-23(18-11-9-17(2)10-12-18)22(25(30)26(28)31)24(29)19-7-5-4-6-8-19/h4-16,22-23H,3H2,1-2H3. The monoisotopic (exact) mass is 441 g/mol. The lowest BCUT2D eigenvalue weighted by atomic mass is 9.86. The molecule has 1 aliphatic heterocycles. The highest BCUT2D eigenvalue weighted by atomic mass is 16.5. The summed E-state index contributed by atoms with van der Waals surface area (Å²) in [4.78, 5) is 53.0. The van der Waals surface area contributed by atoms with Crippen LogP contribution in [0.25, 0.3) is 0 Å². The second-order valence-electron chi connectivity index (χ2n) is 7.87. The highest BCUT2D eigenvalue weighted by molar-refractivity contribution is 6.49. The second-order valence-corrected chi connectivity index (χ2v) is 7.87. The van der Waals surface area contributed by atoms with Crippen molar-refractivity contribution < 1.29 is 23.9 Å². The van der Waals surface area contributed by atoms with Crippen molar-refractivity contribution in [2.24, 2.45) is 5.92 Å². The zero-order valence-corrected chi connectivity index (χ0v) is 18.4. The van der Waals surface area contributed by atoms with Gasteiger partial charge in [-0.3, -0.25) is 19.3 Å². The van der Waals surface area contributed by atoms with Crippen molar-refractivity contribution in [1.82, 2.24) is 0 Å². The Balaban J connectivity index is 1.79. The third kappa shape index (κ3) is 4.20. The number of hydrogen-bond acceptors (Lipinski definition) is 5. The Labute approximate surface area is 191 Å². The van der Waals surface area contributed by atoms with E-state index in [4.69, 9.17) is 4.74 Å². The maximum absolute atomic E-state index is 13.4. The molecule has 2 atom stereocenters. The number of ether oxygens (including phenoxy) is 1. The van der Waals surface area contributed by atoms with Gasteiger partial charge in [-0.25, -0.2) is 4.79 Å². The second kappa shape index (κ2) is 9.20. The van der Waals surface area contributed by atoms with Crippen LogP contribution in [0.15, 0.2) is 78.9 Å². The predicted octanol–water partition coefficient (Wildman–Crippen LogP) is 4.33. The predicted molar refractivity (Wildman–Crippen MR) is 123 cm³/mol. The van der Waals surface area contributed by atoms with Crippen LogP contribution in [0.4, 0.5) is 5.69 Å². The van der Waals surface area contributed by atoms with E-state index in [1.165, 1.54) is 4.90 Å². The summed E-state index contributed by atoms with van der Waals surface area (Å²) in [6, 6.07) is 21.4. The molecule has 1 fully saturated rings. The van der Waals surface area contributed by atoms with Gasteiger partial charge >= 0.3 is 5.97 Å². The molecule has 2 unspecified atom stereocenters. The van der Waals surface area contributed by atoms with E-state index in [1.807, 2.05) is 31.2 Å². The molecule has 0 aromatic heterocycles. The molecule has 3 aromatic carbocycles. The topological polar surface area (TPSA) is 80.8 Å². The van der Waals surface area contributed by atoms with Crippen molar-refractivity contribution in [3.05, 3.63) is 101 Å². The zero-order chi connectivity index (χ0) is 23.5. The van der Waals surface area contributed by atoms with Gasteiger partial charge in [-0.05, 0) is 43.7 Å². The Hall–Kier alpha value is -4.06. The highest BCUT2D eigenvalue weighted by Gasteiger charge is 2.52. The number of Topliss-reactive ketones (excluding diaryl/α,β-unsaturated/α-hetero) is 2. The summed E-state index contributed by atoms with van der Waals surface area (Å²) in [6.07, 6.45) is 0. The number of hydrogen-bond donors (Lipinski definition) is 0. The normalized spacial score (nSPS) is 17.8. The number of ketones is 2. The quantitative estimate of drug-likeness (QED) is 0.246. The van der Waals surface area contributed by atoms with E-state index in [2.05, 4.69) is 0 Å². The molecular weight excluding hydrogens is 418 g/mol. The van der Waals surface area contributed by atoms with Crippen molar-refractivity contribution in [3.63, 3.8) is 0 Å². The minimum absolute atomic E-state index is 0.248. The Kier molecular flexibility index (Phi) is 6.18. The number of benzene rings is 3. The molecule has 33 heavy (non-hydrogen) atoms. The number of nitrogens with zero attached hydrogens (tertiary/aromatic N) is 1. The van der Waals surface area contributed by atoms with Crippen LogP contribution in [0.1, 0.15) is 44.8 Å². The first kappa shape index (κ1) is 22.1. The summed E-state index contributed by atoms with van der Waals surface area (Å²) >= 11 is 0. The summed E-state index contributed by atoms with van der Waals surface area (Å²) in [5.74, 6) is -3.54. The molecule has 6 nitrogen and oxygen atoms in total. The van der Waals surface area contributed by atoms with Crippen molar-refractivity contribution >= 4 is 29.1 Å². The molecule has 0 aliphatic carbocycles. The molecule has 0 saturated carbocycles. The Morgan fingerprint density at radius 1 is 0.848 bits per heavy atom. The van der Waals surface area contributed by atoms with E-state index in [-0.39, 0.29) is 6.61 Å². The molecule has 0 N–H and O–H groups in total. The first-order valence-corrected chi connectivity index (χ1v) is 10.7. The number of rotatable bonds is 6. The van der Waals surface area contributed by atoms with Crippen LogP contribution in [0.3, 0.4) is 0 Å². The maximum Gasteiger partial charge on any atom is 0.338 e. The van der Waals surface area contributed by atoms with E-state index in [9.17, 15) is 19.2 Å². The first-order chi connectivity index (χ1) is 15.9. The summed E-state index contributed by atoms with van der Waals surface area (Å²) < 4.78 is 5.01. The van der Waals surface area contributed by atoms with Crippen LogP contribution in [0.2, 0.25) is 0 Å². The Morgan fingerprint density at radius 3 is 2.09 bits per heavy atom. The minimum Gasteiger partial charge on any atom is -0.462 e. The van der Waals surface area contributed by atoms with E-state index in [0.29, 0.717) is 22.4 Å². The number of anilines is 1. The summed E-state index contributed by atoms with van der Waals surface area (Å²) in [7, 11) is 0. The van der Waals surface area contributed by atoms with Gasteiger partial charge in [0, 0.05) is 11.3 Å². The zero-order valence-electron chi connectivity index (χ0n) is 18.4. The molecule has 0 spiro atoms. The van der Waals surface area contributed by atoms with E-state index >= 15 is 0 Å². The third-order valence-electron chi connectivity index (χ3n) is 5.72. The lowest BCUT2D eigenvalue weighted by Crippen LogP contribution is -2.30. The van der Waals surface area contributed by atoms with Gasteiger partial charge in [-0.1, -0.05) is 60.2 Å². The minimum atomic E-state index is -1.17. The number of carbonyl (C=O) groups is 4. The van der Waals surface area contributed by atoms with Crippen molar-refractivity contribution in [2.75, 3.05) is 11.5 Å². The number of carbonyl (C=O) groups excluding carboxylic acids is 4. The Morgan fingerprint density at radius 2 is 1.48 bits per heavy atom. The molecule has 0 bridgehead atoms. The smallest absolute Gasteiger partial charge is 0.338 e. The van der Waals surface area contributed by atoms with E-state index < -0.39 is 35.4 Å². The molecule has 6 heteroatoms. The van der Waals surface area contributed by atoms with Crippen LogP contribution in [-0.4, -0.2) is 30.0 Å². The molecular formula is C27H23NO5. The number of esters is 1. The fourth-order valence-electron chi connectivity index (χ4n) is 4.07. The van der Waals surface area contributed by atoms with Gasteiger partial charge in [0.1, 0.15) is 5.92 Å². The van der Waals surface area contributed by atoms with Crippen molar-refractivity contribution in [3.8, 4) is 0 Å². The summed E-state index contributed by atoms with van der Waals surface area (Å²) in [5.41, 5.74) is 2.84. The number of aryl methyl sites for hydroxylation is 1. The largest absolute Gasteiger partial charge is 0.462 e. The SMILES string of the molecule is CCOC(=O)c1ccc(N2C(=O)C(=O)C(C(=O)c3ccccc3)C2c2ccc(C)cc2)cc1. The van der Waals surface area contributed by atoms with Crippen molar-refractivity contribution in [2.45, 2.75) is 19.9 Å². The molecule has 166 valence electrons. The van der Waals surface area contributed by atoms with Crippen LogP contribution in [0.5, 0.6) is 0 Å². The van der Waals surface area contributed by atoms with Crippen LogP contribution in [0, 0.1) is 12.8 Å². The molecule has 1 saturated heterocycles. The molecule has 0 radical (unpaired) electrons. The summed E-state index contributed by atoms with van der Waals surface area (Å²) in [5, 5.41) is 0. The molecule has 1 amide bonds. The first-order valence-electron chi connectivity index (χ1n) is 10.7.